The summed E-state index contributed by atoms with van der Waals surface area (Å²) in [5.41, 5.74) is 0. The molecule has 0 aliphatic heterocycles. The van der Waals surface area contributed by atoms with Crippen molar-refractivity contribution in [3.8, 4) is 0 Å². The van der Waals surface area contributed by atoms with Gasteiger partial charge < -0.3 is 4.90 Å². The molecule has 0 aromatic carbocycles. The minimum atomic E-state index is 0.369. The van der Waals surface area contributed by atoms with Crippen molar-refractivity contribution in [2.75, 3.05) is 20.6 Å². The molecule has 0 saturated carbocycles. The molecule has 0 N–H and O–H groups in total. The van der Waals surface area contributed by atoms with E-state index in [9.17, 15) is 4.79 Å². The fourth-order valence-corrected chi connectivity index (χ4v) is 1.32. The summed E-state index contributed by atoms with van der Waals surface area (Å²) in [6.45, 7) is 4.89. The molecule has 0 bridgehead atoms. The third-order valence-electron chi connectivity index (χ3n) is 2.16. The average molecular weight is 171 g/mol. The summed E-state index contributed by atoms with van der Waals surface area (Å²) >= 11 is 0. The molecule has 0 rings (SSSR count). The Labute approximate surface area is 75.9 Å². The Hall–Kier alpha value is -0.370. The molecule has 0 aromatic rings. The molecule has 0 aliphatic rings. The number of nitrogens with zero attached hydrogens (tertiary/aromatic N) is 1. The van der Waals surface area contributed by atoms with Crippen LogP contribution < -0.4 is 0 Å². The molecule has 0 radical (unpaired) electrons. The number of likely N-dealkylation sites (N-methyl/N-ethyl adjacent to an activating group) is 1. The zero-order chi connectivity index (χ0) is 9.56. The van der Waals surface area contributed by atoms with Gasteiger partial charge in [-0.2, -0.15) is 0 Å². The molecule has 0 aliphatic carbocycles. The van der Waals surface area contributed by atoms with Crippen molar-refractivity contribution in [1.29, 1.82) is 0 Å². The van der Waals surface area contributed by atoms with Crippen LogP contribution >= 0.6 is 0 Å². The first-order valence-electron chi connectivity index (χ1n) is 4.76. The molecule has 12 heavy (non-hydrogen) atoms. The molecule has 2 nitrogen and oxygen atoms in total. The Balaban J connectivity index is 3.66. The van der Waals surface area contributed by atoms with Crippen molar-refractivity contribution in [1.82, 2.24) is 4.90 Å². The highest BCUT2D eigenvalue weighted by Gasteiger charge is 2.10. The Morgan fingerprint density at radius 1 is 1.25 bits per heavy atom. The summed E-state index contributed by atoms with van der Waals surface area (Å²) in [5, 5.41) is 0. The van der Waals surface area contributed by atoms with Crippen LogP contribution in [0.25, 0.3) is 0 Å². The lowest BCUT2D eigenvalue weighted by molar-refractivity contribution is -0.120. The highest BCUT2D eigenvalue weighted by molar-refractivity contribution is 5.80. The molecular weight excluding hydrogens is 150 g/mol. The first kappa shape index (κ1) is 11.6. The summed E-state index contributed by atoms with van der Waals surface area (Å²) in [7, 11) is 3.87. The fourth-order valence-electron chi connectivity index (χ4n) is 1.32. The van der Waals surface area contributed by atoms with Gasteiger partial charge in [-0.15, -0.1) is 0 Å². The summed E-state index contributed by atoms with van der Waals surface area (Å²) < 4.78 is 0. The minimum Gasteiger partial charge on any atom is -0.302 e. The van der Waals surface area contributed by atoms with Gasteiger partial charge in [0.25, 0.3) is 0 Å². The van der Waals surface area contributed by atoms with E-state index in [2.05, 4.69) is 13.8 Å². The van der Waals surface area contributed by atoms with Crippen LogP contribution in [0.5, 0.6) is 0 Å². The molecule has 0 heterocycles. The van der Waals surface area contributed by atoms with Crippen molar-refractivity contribution in [2.24, 2.45) is 5.92 Å². The monoisotopic (exact) mass is 171 g/mol. The highest BCUT2D eigenvalue weighted by Crippen LogP contribution is 2.12. The van der Waals surface area contributed by atoms with Gasteiger partial charge in [0.15, 0.2) is 0 Å². The molecule has 0 atom stereocenters. The second kappa shape index (κ2) is 6.18. The van der Waals surface area contributed by atoms with Crippen LogP contribution in [-0.2, 0) is 4.79 Å². The van der Waals surface area contributed by atoms with E-state index in [0.29, 0.717) is 18.2 Å². The summed E-state index contributed by atoms with van der Waals surface area (Å²) in [6, 6.07) is 0. The van der Waals surface area contributed by atoms with Crippen LogP contribution in [-0.4, -0.2) is 31.3 Å². The Morgan fingerprint density at radius 3 is 2.08 bits per heavy atom. The molecule has 0 amide bonds. The summed E-state index contributed by atoms with van der Waals surface area (Å²) in [4.78, 5) is 13.3. The lowest BCUT2D eigenvalue weighted by Gasteiger charge is -2.13. The predicted octanol–water partition coefficient (Wildman–Crippen LogP) is 1.94. The van der Waals surface area contributed by atoms with Gasteiger partial charge in [0, 0.05) is 6.42 Å². The number of rotatable bonds is 6. The van der Waals surface area contributed by atoms with Gasteiger partial charge in [0.2, 0.25) is 0 Å². The van der Waals surface area contributed by atoms with E-state index in [1.807, 2.05) is 19.0 Å². The molecule has 0 fully saturated rings. The second-order valence-electron chi connectivity index (χ2n) is 3.66. The van der Waals surface area contributed by atoms with E-state index in [-0.39, 0.29) is 0 Å². The van der Waals surface area contributed by atoms with Crippen molar-refractivity contribution < 1.29 is 4.79 Å². The lowest BCUT2D eigenvalue weighted by atomic mass is 9.97. The van der Waals surface area contributed by atoms with Gasteiger partial charge in [0.05, 0.1) is 6.54 Å². The normalized spacial score (nSPS) is 11.2. The molecule has 0 saturated heterocycles. The van der Waals surface area contributed by atoms with Crippen molar-refractivity contribution in [2.45, 2.75) is 33.1 Å². The third-order valence-corrected chi connectivity index (χ3v) is 2.16. The average Bonchev–Trinajstić information content (AvgIpc) is 1.98. The lowest BCUT2D eigenvalue weighted by Crippen LogP contribution is -2.23. The van der Waals surface area contributed by atoms with Gasteiger partial charge >= 0.3 is 0 Å². The molecule has 0 aromatic heterocycles. The number of carbonyl (C=O) groups is 1. The first-order valence-corrected chi connectivity index (χ1v) is 4.76. The first-order chi connectivity index (χ1) is 5.60. The third kappa shape index (κ3) is 5.30. The number of ketones is 1. The molecule has 72 valence electrons. The Morgan fingerprint density at radius 2 is 1.75 bits per heavy atom. The molecule has 0 unspecified atom stereocenters. The fraction of sp³-hybridized carbons (Fsp3) is 0.900. The van der Waals surface area contributed by atoms with Crippen LogP contribution in [0.4, 0.5) is 0 Å². The largest absolute Gasteiger partial charge is 0.302 e. The van der Waals surface area contributed by atoms with Crippen molar-refractivity contribution >= 4 is 5.78 Å². The smallest absolute Gasteiger partial charge is 0.147 e. The van der Waals surface area contributed by atoms with E-state index in [1.165, 1.54) is 0 Å². The van der Waals surface area contributed by atoms with Crippen LogP contribution in [0.15, 0.2) is 0 Å². The zero-order valence-corrected chi connectivity index (χ0v) is 8.76. The van der Waals surface area contributed by atoms with Crippen LogP contribution in [0.3, 0.4) is 0 Å². The number of hydrogen-bond acceptors (Lipinski definition) is 2. The standard InChI is InChI=1S/C10H21NO/c1-5-9(6-2)7-10(12)8-11(3)4/h9H,5-8H2,1-4H3. The number of carbonyl (C=O) groups excluding carboxylic acids is 1. The summed E-state index contributed by atoms with van der Waals surface area (Å²) in [6.07, 6.45) is 3.00. The predicted molar refractivity (Wildman–Crippen MR) is 52.3 cm³/mol. The SMILES string of the molecule is CCC(CC)CC(=O)CN(C)C. The Kier molecular flexibility index (Phi) is 5.99. The van der Waals surface area contributed by atoms with Gasteiger partial charge in [-0.3, -0.25) is 4.79 Å². The molecule has 0 spiro atoms. The maximum Gasteiger partial charge on any atom is 0.147 e. The minimum absolute atomic E-state index is 0.369. The van der Waals surface area contributed by atoms with E-state index in [0.717, 1.165) is 19.3 Å². The van der Waals surface area contributed by atoms with Crippen LogP contribution in [0.2, 0.25) is 0 Å². The van der Waals surface area contributed by atoms with E-state index < -0.39 is 0 Å². The van der Waals surface area contributed by atoms with Gasteiger partial charge in [0.1, 0.15) is 5.78 Å². The van der Waals surface area contributed by atoms with Crippen LogP contribution in [0.1, 0.15) is 33.1 Å². The van der Waals surface area contributed by atoms with E-state index in [4.69, 9.17) is 0 Å². The van der Waals surface area contributed by atoms with Crippen molar-refractivity contribution in [3.63, 3.8) is 0 Å². The number of Topliss-reactive ketones (excluding diaryl/α,β-unsaturated/α-hetero) is 1. The zero-order valence-electron chi connectivity index (χ0n) is 8.76. The number of hydrogen-bond donors (Lipinski definition) is 0. The van der Waals surface area contributed by atoms with Gasteiger partial charge in [-0.1, -0.05) is 26.7 Å². The Bertz CT molecular complexity index is 128. The maximum atomic E-state index is 11.3. The maximum absolute atomic E-state index is 11.3. The highest BCUT2D eigenvalue weighted by atomic mass is 16.1. The summed E-state index contributed by atoms with van der Waals surface area (Å²) in [5.74, 6) is 0.964. The molecular formula is C10H21NO. The van der Waals surface area contributed by atoms with E-state index >= 15 is 0 Å². The molecule has 2 heteroatoms. The van der Waals surface area contributed by atoms with Crippen LogP contribution in [0, 0.1) is 5.92 Å². The van der Waals surface area contributed by atoms with Gasteiger partial charge in [-0.05, 0) is 20.0 Å². The quantitative estimate of drug-likeness (QED) is 0.608. The van der Waals surface area contributed by atoms with Crippen molar-refractivity contribution in [3.05, 3.63) is 0 Å². The van der Waals surface area contributed by atoms with E-state index in [1.54, 1.807) is 0 Å². The topological polar surface area (TPSA) is 20.3 Å². The van der Waals surface area contributed by atoms with Gasteiger partial charge in [-0.25, -0.2) is 0 Å². The second-order valence-corrected chi connectivity index (χ2v) is 3.66.